The van der Waals surface area contributed by atoms with Crippen LogP contribution in [0.4, 0.5) is 0 Å². The van der Waals surface area contributed by atoms with Gasteiger partial charge in [-0.25, -0.2) is 14.5 Å². The molecule has 0 aliphatic carbocycles. The normalized spacial score (nSPS) is 17.1. The molecule has 0 unspecified atom stereocenters. The first kappa shape index (κ1) is 10.9. The molecule has 0 bridgehead atoms. The molecule has 1 rings (SSSR count). The van der Waals surface area contributed by atoms with Gasteiger partial charge in [-0.15, -0.1) is 0 Å². The molecule has 1 saturated heterocycles. The summed E-state index contributed by atoms with van der Waals surface area (Å²) in [5, 5.41) is 17.0. The molecule has 7 heteroatoms. The molecule has 1 fully saturated rings. The fraction of sp³-hybridized carbons (Fsp3) is 0.250. The Bertz CT molecular complexity index is 367. The van der Waals surface area contributed by atoms with Crippen LogP contribution in [0.15, 0.2) is 11.8 Å². The number of carboxylic acids is 2. The summed E-state index contributed by atoms with van der Waals surface area (Å²) in [6, 6.07) is 0. The summed E-state index contributed by atoms with van der Waals surface area (Å²) >= 11 is 0. The number of hydrogen-bond donors (Lipinski definition) is 2. The Morgan fingerprint density at radius 2 is 1.60 bits per heavy atom. The Balaban J connectivity index is 3.10. The maximum Gasteiger partial charge on any atom is 0.353 e. The number of carboxylic acid groups (broad SMARTS) is 2. The minimum absolute atomic E-state index is 0.0942. The maximum atomic E-state index is 11.1. The zero-order chi connectivity index (χ0) is 11.6. The van der Waals surface area contributed by atoms with Crippen molar-refractivity contribution in [3.05, 3.63) is 11.8 Å². The molecular formula is C8H7NO6. The van der Waals surface area contributed by atoms with Crippen LogP contribution in [0.25, 0.3) is 0 Å². The molecule has 1 heterocycles. The summed E-state index contributed by atoms with van der Waals surface area (Å²) in [4.78, 5) is 43.6. The van der Waals surface area contributed by atoms with Gasteiger partial charge in [0.05, 0.1) is 6.08 Å². The number of amides is 2. The highest BCUT2D eigenvalue weighted by Gasteiger charge is 2.35. The van der Waals surface area contributed by atoms with Gasteiger partial charge in [-0.1, -0.05) is 0 Å². The predicted molar refractivity (Wildman–Crippen MR) is 44.4 cm³/mol. The zero-order valence-corrected chi connectivity index (χ0v) is 7.47. The van der Waals surface area contributed by atoms with Crippen molar-refractivity contribution in [2.75, 3.05) is 0 Å². The third kappa shape index (κ3) is 2.19. The van der Waals surface area contributed by atoms with Gasteiger partial charge in [0, 0.05) is 12.8 Å². The number of carbonyl (C=O) groups is 4. The van der Waals surface area contributed by atoms with Crippen molar-refractivity contribution in [1.29, 1.82) is 0 Å². The molecule has 0 aromatic carbocycles. The monoisotopic (exact) mass is 213 g/mol. The molecule has 0 saturated carbocycles. The lowest BCUT2D eigenvalue weighted by molar-refractivity contribution is -0.144. The molecule has 0 radical (unpaired) electrons. The average molecular weight is 213 g/mol. The quantitative estimate of drug-likeness (QED) is 0.468. The van der Waals surface area contributed by atoms with Crippen molar-refractivity contribution in [2.24, 2.45) is 0 Å². The van der Waals surface area contributed by atoms with Crippen LogP contribution in [0.2, 0.25) is 0 Å². The van der Waals surface area contributed by atoms with Crippen LogP contribution in [-0.4, -0.2) is 38.9 Å². The van der Waals surface area contributed by atoms with E-state index in [9.17, 15) is 19.2 Å². The van der Waals surface area contributed by atoms with E-state index in [2.05, 4.69) is 0 Å². The van der Waals surface area contributed by atoms with Crippen molar-refractivity contribution >= 4 is 23.8 Å². The molecular weight excluding hydrogens is 206 g/mol. The molecule has 0 aromatic rings. The van der Waals surface area contributed by atoms with E-state index in [1.165, 1.54) is 0 Å². The van der Waals surface area contributed by atoms with Crippen molar-refractivity contribution in [1.82, 2.24) is 4.90 Å². The van der Waals surface area contributed by atoms with Gasteiger partial charge in [-0.2, -0.15) is 0 Å². The molecule has 1 aliphatic heterocycles. The van der Waals surface area contributed by atoms with E-state index in [1.54, 1.807) is 0 Å². The first-order chi connectivity index (χ1) is 6.93. The summed E-state index contributed by atoms with van der Waals surface area (Å²) in [6.07, 6.45) is 0.135. The lowest BCUT2D eigenvalue weighted by Crippen LogP contribution is -2.32. The Labute approximate surface area is 83.6 Å². The second-order valence-corrected chi connectivity index (χ2v) is 2.80. The second kappa shape index (κ2) is 3.91. The molecule has 15 heavy (non-hydrogen) atoms. The molecule has 0 atom stereocenters. The zero-order valence-electron chi connectivity index (χ0n) is 7.47. The van der Waals surface area contributed by atoms with Gasteiger partial charge >= 0.3 is 11.9 Å². The Morgan fingerprint density at radius 3 is 1.93 bits per heavy atom. The molecule has 7 nitrogen and oxygen atoms in total. The molecule has 0 aromatic heterocycles. The van der Waals surface area contributed by atoms with Crippen LogP contribution < -0.4 is 0 Å². The molecule has 2 amide bonds. The number of carbonyl (C=O) groups excluding carboxylic acids is 2. The standard InChI is InChI=1S/C8H7NO6/c10-5-1-2-6(11)9(5)4(8(14)15)3-7(12)13/h3H,1-2H2,(H,12,13)(H,14,15)/b4-3-. The molecule has 80 valence electrons. The van der Waals surface area contributed by atoms with Crippen LogP contribution in [0.5, 0.6) is 0 Å². The third-order valence-electron chi connectivity index (χ3n) is 1.77. The average Bonchev–Trinajstić information content (AvgIpc) is 2.42. The lowest BCUT2D eigenvalue weighted by atomic mass is 10.3. The largest absolute Gasteiger partial charge is 0.478 e. The fourth-order valence-corrected chi connectivity index (χ4v) is 1.18. The highest BCUT2D eigenvalue weighted by molar-refractivity contribution is 6.10. The van der Waals surface area contributed by atoms with Crippen LogP contribution in [0.3, 0.4) is 0 Å². The van der Waals surface area contributed by atoms with Crippen LogP contribution in [0.1, 0.15) is 12.8 Å². The topological polar surface area (TPSA) is 112 Å². The highest BCUT2D eigenvalue weighted by atomic mass is 16.4. The van der Waals surface area contributed by atoms with E-state index >= 15 is 0 Å². The highest BCUT2D eigenvalue weighted by Crippen LogP contribution is 2.17. The Kier molecular flexibility index (Phi) is 2.84. The van der Waals surface area contributed by atoms with Gasteiger partial charge in [0.2, 0.25) is 11.8 Å². The molecule has 2 N–H and O–H groups in total. The second-order valence-electron chi connectivity index (χ2n) is 2.80. The Morgan fingerprint density at radius 1 is 1.13 bits per heavy atom. The molecule has 0 spiro atoms. The number of likely N-dealkylation sites (tertiary alicyclic amines) is 1. The van der Waals surface area contributed by atoms with E-state index < -0.39 is 29.5 Å². The van der Waals surface area contributed by atoms with Crippen molar-refractivity contribution in [3.8, 4) is 0 Å². The van der Waals surface area contributed by atoms with Gasteiger partial charge in [-0.05, 0) is 0 Å². The number of aliphatic carboxylic acids is 2. The third-order valence-corrected chi connectivity index (χ3v) is 1.77. The molecule has 1 aliphatic rings. The van der Waals surface area contributed by atoms with Gasteiger partial charge in [-0.3, -0.25) is 9.59 Å². The van der Waals surface area contributed by atoms with Crippen LogP contribution in [-0.2, 0) is 19.2 Å². The number of nitrogens with zero attached hydrogens (tertiary/aromatic N) is 1. The first-order valence-electron chi connectivity index (χ1n) is 3.97. The lowest BCUT2D eigenvalue weighted by Gasteiger charge is -2.12. The van der Waals surface area contributed by atoms with Gasteiger partial charge in [0.25, 0.3) is 0 Å². The SMILES string of the molecule is O=C(O)/C=C(/C(=O)O)N1C(=O)CCC1=O. The first-order valence-corrected chi connectivity index (χ1v) is 3.97. The van der Waals surface area contributed by atoms with Crippen molar-refractivity contribution in [2.45, 2.75) is 12.8 Å². The van der Waals surface area contributed by atoms with E-state index in [-0.39, 0.29) is 12.8 Å². The minimum atomic E-state index is -1.62. The summed E-state index contributed by atoms with van der Waals surface area (Å²) in [7, 11) is 0. The van der Waals surface area contributed by atoms with Crippen LogP contribution in [0, 0.1) is 0 Å². The minimum Gasteiger partial charge on any atom is -0.478 e. The Hall–Kier alpha value is -2.18. The van der Waals surface area contributed by atoms with E-state index in [4.69, 9.17) is 10.2 Å². The van der Waals surface area contributed by atoms with Crippen LogP contribution >= 0.6 is 0 Å². The number of hydrogen-bond acceptors (Lipinski definition) is 4. The fourth-order valence-electron chi connectivity index (χ4n) is 1.18. The maximum absolute atomic E-state index is 11.1. The van der Waals surface area contributed by atoms with Gasteiger partial charge in [0.15, 0.2) is 0 Å². The smallest absolute Gasteiger partial charge is 0.353 e. The summed E-state index contributed by atoms with van der Waals surface area (Å²) in [6.45, 7) is 0. The summed E-state index contributed by atoms with van der Waals surface area (Å²) in [5.41, 5.74) is -0.824. The van der Waals surface area contributed by atoms with E-state index in [1.807, 2.05) is 0 Å². The van der Waals surface area contributed by atoms with E-state index in [0.717, 1.165) is 0 Å². The van der Waals surface area contributed by atoms with Crippen molar-refractivity contribution < 1.29 is 29.4 Å². The summed E-state index contributed by atoms with van der Waals surface area (Å²) < 4.78 is 0. The van der Waals surface area contributed by atoms with Gasteiger partial charge < -0.3 is 10.2 Å². The number of rotatable bonds is 3. The predicted octanol–water partition coefficient (Wildman–Crippen LogP) is -0.811. The summed E-state index contributed by atoms with van der Waals surface area (Å²) in [5.74, 6) is -4.55. The van der Waals surface area contributed by atoms with E-state index in [0.29, 0.717) is 11.0 Å². The number of imide groups is 1. The van der Waals surface area contributed by atoms with Crippen molar-refractivity contribution in [3.63, 3.8) is 0 Å². The van der Waals surface area contributed by atoms with Gasteiger partial charge in [0.1, 0.15) is 5.70 Å².